The van der Waals surface area contributed by atoms with Gasteiger partial charge in [-0.2, -0.15) is 0 Å². The van der Waals surface area contributed by atoms with Crippen LogP contribution in [0.4, 0.5) is 9.59 Å². The Morgan fingerprint density at radius 1 is 0.471 bits per heavy atom. The summed E-state index contributed by atoms with van der Waals surface area (Å²) < 4.78 is 63.6. The number of hydrogen-bond donors (Lipinski definition) is 0. The molecule has 70 heavy (non-hydrogen) atoms. The van der Waals surface area contributed by atoms with Gasteiger partial charge in [-0.1, -0.05) is 13.2 Å². The highest BCUT2D eigenvalue weighted by Gasteiger charge is 2.49. The van der Waals surface area contributed by atoms with E-state index in [1.54, 1.807) is 0 Å². The minimum Gasteiger partial charge on any atom is -0.463 e. The summed E-state index contributed by atoms with van der Waals surface area (Å²) in [5.74, 6) is -3.38. The number of fused-ring (bicyclic) bond motifs is 1. The van der Waals surface area contributed by atoms with Gasteiger partial charge < -0.3 is 56.8 Å². The van der Waals surface area contributed by atoms with Gasteiger partial charge in [-0.15, -0.1) is 0 Å². The predicted octanol–water partition coefficient (Wildman–Crippen LogP) is 7.07. The molecular formula is C50H46O20. The lowest BCUT2D eigenvalue weighted by Crippen LogP contribution is -2.33. The summed E-state index contributed by atoms with van der Waals surface area (Å²) in [6, 6.07) is 22.4. The molecule has 2 aliphatic heterocycles. The topological polar surface area (TPSA) is 247 Å². The minimum atomic E-state index is -1.01. The van der Waals surface area contributed by atoms with Crippen LogP contribution in [0, 0.1) is 0 Å². The Morgan fingerprint density at radius 3 is 1.23 bits per heavy atom. The van der Waals surface area contributed by atoms with E-state index in [9.17, 15) is 38.4 Å². The fourth-order valence-corrected chi connectivity index (χ4v) is 6.42. The standard InChI is InChI=1S/C50H46O20/c1-3-41(51)59-25-5-7-27-61-49(57)66-37-21-13-31(14-22-37)45(53)64-35-17-9-33(10-18-35)47(55)68-40-30-63-39-29-43(69-44(39)40)70-48(56)34-11-19-36(20-12-34)65-46(54)32-15-23-38(24-16-32)67-50(58)62-28-8-6-26-60-42(52)4-2/h3-4,9-24,39-40,43-44H,1-2,5-8,25-30H2/t39-,40-,43+,44+/m0/s1. The highest BCUT2D eigenvalue weighted by atomic mass is 16.7. The number of unbranched alkanes of at least 4 members (excludes halogenated alkanes) is 2. The Morgan fingerprint density at radius 2 is 0.829 bits per heavy atom. The van der Waals surface area contributed by atoms with Gasteiger partial charge in [-0.25, -0.2) is 38.4 Å². The van der Waals surface area contributed by atoms with Crippen LogP contribution in [0.5, 0.6) is 23.0 Å². The van der Waals surface area contributed by atoms with Gasteiger partial charge in [0.2, 0.25) is 6.29 Å². The molecule has 20 nitrogen and oxygen atoms in total. The van der Waals surface area contributed by atoms with Crippen molar-refractivity contribution in [1.82, 2.24) is 0 Å². The first-order valence-corrected chi connectivity index (χ1v) is 21.7. The van der Waals surface area contributed by atoms with E-state index >= 15 is 0 Å². The second-order valence-corrected chi connectivity index (χ2v) is 14.9. The zero-order valence-electron chi connectivity index (χ0n) is 37.4. The average Bonchev–Trinajstić information content (AvgIpc) is 3.94. The largest absolute Gasteiger partial charge is 0.513 e. The van der Waals surface area contributed by atoms with E-state index in [-0.39, 0.29) is 84.7 Å². The van der Waals surface area contributed by atoms with Crippen LogP contribution >= 0.6 is 0 Å². The number of carbonyl (C=O) groups is 8. The maximum absolute atomic E-state index is 13.1. The molecule has 2 aliphatic rings. The molecule has 0 unspecified atom stereocenters. The third-order valence-corrected chi connectivity index (χ3v) is 9.96. The maximum atomic E-state index is 13.1. The van der Waals surface area contributed by atoms with Crippen molar-refractivity contribution in [3.8, 4) is 23.0 Å². The van der Waals surface area contributed by atoms with Crippen molar-refractivity contribution in [3.05, 3.63) is 145 Å². The van der Waals surface area contributed by atoms with Gasteiger partial charge in [0.25, 0.3) is 0 Å². The molecule has 20 heteroatoms. The zero-order valence-corrected chi connectivity index (χ0v) is 37.4. The van der Waals surface area contributed by atoms with Crippen molar-refractivity contribution in [2.75, 3.05) is 33.0 Å². The van der Waals surface area contributed by atoms with Gasteiger partial charge in [0, 0.05) is 18.6 Å². The van der Waals surface area contributed by atoms with Crippen LogP contribution in [0.3, 0.4) is 0 Å². The lowest BCUT2D eigenvalue weighted by Gasteiger charge is -2.19. The molecule has 0 saturated carbocycles. The van der Waals surface area contributed by atoms with E-state index in [0.29, 0.717) is 25.7 Å². The van der Waals surface area contributed by atoms with Crippen LogP contribution in [-0.4, -0.2) is 106 Å². The molecule has 366 valence electrons. The van der Waals surface area contributed by atoms with Crippen LogP contribution < -0.4 is 18.9 Å². The Kier molecular flexibility index (Phi) is 18.7. The zero-order chi connectivity index (χ0) is 49.8. The van der Waals surface area contributed by atoms with Gasteiger partial charge in [0.1, 0.15) is 29.1 Å². The predicted molar refractivity (Wildman–Crippen MR) is 238 cm³/mol. The van der Waals surface area contributed by atoms with Gasteiger partial charge in [0.05, 0.1) is 61.4 Å². The normalized spacial score (nSPS) is 16.5. The van der Waals surface area contributed by atoms with Crippen LogP contribution in [0.1, 0.15) is 73.5 Å². The van der Waals surface area contributed by atoms with E-state index in [1.807, 2.05) is 0 Å². The minimum absolute atomic E-state index is 0.0477. The number of ether oxygens (including phenoxy) is 12. The van der Waals surface area contributed by atoms with Crippen LogP contribution in [0.2, 0.25) is 0 Å². The highest BCUT2D eigenvalue weighted by molar-refractivity contribution is 5.93. The molecule has 0 radical (unpaired) electrons. The third kappa shape index (κ3) is 15.6. The Labute approximate surface area is 399 Å². The lowest BCUT2D eigenvalue weighted by atomic mass is 10.1. The van der Waals surface area contributed by atoms with Crippen molar-refractivity contribution in [1.29, 1.82) is 0 Å². The Balaban J connectivity index is 0.874. The third-order valence-electron chi connectivity index (χ3n) is 9.96. The molecule has 0 aliphatic carbocycles. The molecule has 6 rings (SSSR count). The second-order valence-electron chi connectivity index (χ2n) is 14.9. The summed E-state index contributed by atoms with van der Waals surface area (Å²) >= 11 is 0. The van der Waals surface area contributed by atoms with Crippen LogP contribution in [-0.2, 0) is 47.5 Å². The van der Waals surface area contributed by atoms with Gasteiger partial charge >= 0.3 is 48.1 Å². The summed E-state index contributed by atoms with van der Waals surface area (Å²) in [6.07, 6.45) is -0.805. The molecule has 0 aromatic heterocycles. The maximum Gasteiger partial charge on any atom is 0.513 e. The number of benzene rings is 4. The second kappa shape index (κ2) is 25.7. The quantitative estimate of drug-likeness (QED) is 0.0191. The van der Waals surface area contributed by atoms with Gasteiger partial charge in [0.15, 0.2) is 6.10 Å². The first kappa shape index (κ1) is 51.0. The summed E-state index contributed by atoms with van der Waals surface area (Å²) in [5, 5.41) is 0. The van der Waals surface area contributed by atoms with Crippen molar-refractivity contribution in [2.45, 2.75) is 56.7 Å². The summed E-state index contributed by atoms with van der Waals surface area (Å²) in [5.41, 5.74) is 0.599. The first-order chi connectivity index (χ1) is 33.9. The van der Waals surface area contributed by atoms with Crippen molar-refractivity contribution >= 4 is 48.1 Å². The molecule has 4 aromatic rings. The van der Waals surface area contributed by atoms with Crippen molar-refractivity contribution in [2.24, 2.45) is 0 Å². The van der Waals surface area contributed by atoms with E-state index < -0.39 is 72.7 Å². The number of rotatable bonds is 22. The lowest BCUT2D eigenvalue weighted by molar-refractivity contribution is -0.138. The molecule has 0 bridgehead atoms. The highest BCUT2D eigenvalue weighted by Crippen LogP contribution is 2.34. The fourth-order valence-electron chi connectivity index (χ4n) is 6.42. The first-order valence-electron chi connectivity index (χ1n) is 21.7. The fraction of sp³-hybridized carbons (Fsp3) is 0.280. The van der Waals surface area contributed by atoms with E-state index in [1.165, 1.54) is 97.1 Å². The smallest absolute Gasteiger partial charge is 0.463 e. The van der Waals surface area contributed by atoms with Crippen LogP contribution in [0.15, 0.2) is 122 Å². The average molecular weight is 967 g/mol. The number of carbonyl (C=O) groups excluding carboxylic acids is 8. The van der Waals surface area contributed by atoms with E-state index in [0.717, 1.165) is 12.2 Å². The van der Waals surface area contributed by atoms with E-state index in [2.05, 4.69) is 13.2 Å². The number of hydrogen-bond acceptors (Lipinski definition) is 20. The van der Waals surface area contributed by atoms with Crippen molar-refractivity contribution in [3.63, 3.8) is 0 Å². The summed E-state index contributed by atoms with van der Waals surface area (Å²) in [7, 11) is 0. The molecular weight excluding hydrogens is 921 g/mol. The molecule has 4 aromatic carbocycles. The molecule has 2 heterocycles. The molecule has 0 spiro atoms. The number of esters is 6. The summed E-state index contributed by atoms with van der Waals surface area (Å²) in [4.78, 5) is 97.5. The Bertz CT molecular complexity index is 2500. The van der Waals surface area contributed by atoms with E-state index in [4.69, 9.17) is 56.8 Å². The molecule has 0 amide bonds. The Hall–Kier alpha value is -8.36. The van der Waals surface area contributed by atoms with Crippen LogP contribution in [0.25, 0.3) is 0 Å². The molecule has 2 fully saturated rings. The monoisotopic (exact) mass is 966 g/mol. The molecule has 0 N–H and O–H groups in total. The molecule has 2 saturated heterocycles. The van der Waals surface area contributed by atoms with Crippen molar-refractivity contribution < 1.29 is 95.2 Å². The SMILES string of the molecule is C=CC(=O)OCCCCOC(=O)Oc1ccc(C(=O)Oc2ccc(C(=O)O[C@@H]3C[C@@H]4OC[C@H](OC(=O)c5ccc(OC(=O)c6ccc(OC(=O)OCCCCOC(=O)C=C)cc6)cc5)[C@@H]4O3)cc2)cc1. The molecule has 4 atom stereocenters. The summed E-state index contributed by atoms with van der Waals surface area (Å²) in [6.45, 7) is 7.07. The van der Waals surface area contributed by atoms with Gasteiger partial charge in [-0.05, 0) is 123 Å². The van der Waals surface area contributed by atoms with Gasteiger partial charge in [-0.3, -0.25) is 0 Å².